The topological polar surface area (TPSA) is 45.7 Å². The van der Waals surface area contributed by atoms with E-state index < -0.39 is 0 Å². The molecule has 1 aromatic carbocycles. The summed E-state index contributed by atoms with van der Waals surface area (Å²) < 4.78 is 6.08. The van der Waals surface area contributed by atoms with Gasteiger partial charge in [0.25, 0.3) is 0 Å². The average molecular weight is 367 g/mol. The van der Waals surface area contributed by atoms with Crippen molar-refractivity contribution in [3.8, 4) is 5.75 Å². The number of hydrogen-bond acceptors (Lipinski definition) is 4. The summed E-state index contributed by atoms with van der Waals surface area (Å²) in [6.07, 6.45) is 4.02. The van der Waals surface area contributed by atoms with Gasteiger partial charge in [-0.05, 0) is 44.0 Å². The van der Waals surface area contributed by atoms with Crippen LogP contribution >= 0.6 is 0 Å². The molecule has 0 atom stereocenters. The standard InChI is InChI=1S/C22H29N3O2/c1-18-9-10-20(15-23-18)16-24-11-5-6-12-25(19(2)26)17-21-7-3-4-8-22(21)27-14-13-24/h3-4,7-10,15H,5-6,11-14,16-17H2,1-2H3. The average Bonchev–Trinajstić information content (AvgIpc) is 2.65. The van der Waals surface area contributed by atoms with Crippen LogP contribution in [-0.2, 0) is 17.9 Å². The lowest BCUT2D eigenvalue weighted by Gasteiger charge is -2.27. The second-order valence-corrected chi connectivity index (χ2v) is 7.19. The first kappa shape index (κ1) is 19.4. The highest BCUT2D eigenvalue weighted by atomic mass is 16.5. The molecule has 1 aliphatic heterocycles. The number of carbonyl (C=O) groups excluding carboxylic acids is 1. The maximum Gasteiger partial charge on any atom is 0.219 e. The molecule has 2 heterocycles. The van der Waals surface area contributed by atoms with Crippen molar-refractivity contribution in [1.82, 2.24) is 14.8 Å². The number of aryl methyl sites for hydroxylation is 1. The Kier molecular flexibility index (Phi) is 6.82. The zero-order chi connectivity index (χ0) is 19.1. The summed E-state index contributed by atoms with van der Waals surface area (Å²) in [5.41, 5.74) is 3.33. The quantitative estimate of drug-likeness (QED) is 0.816. The number of carbonyl (C=O) groups is 1. The number of aromatic nitrogens is 1. The lowest BCUT2D eigenvalue weighted by molar-refractivity contribution is -0.129. The van der Waals surface area contributed by atoms with Crippen LogP contribution in [0.2, 0.25) is 0 Å². The number of pyridine rings is 1. The number of nitrogens with zero attached hydrogens (tertiary/aromatic N) is 3. The van der Waals surface area contributed by atoms with Gasteiger partial charge in [-0.3, -0.25) is 14.7 Å². The van der Waals surface area contributed by atoms with Crippen LogP contribution in [0.5, 0.6) is 5.75 Å². The summed E-state index contributed by atoms with van der Waals surface area (Å²) in [6.45, 7) is 8.42. The van der Waals surface area contributed by atoms with E-state index in [0.29, 0.717) is 13.2 Å². The van der Waals surface area contributed by atoms with Gasteiger partial charge in [0.05, 0.1) is 0 Å². The summed E-state index contributed by atoms with van der Waals surface area (Å²) in [5, 5.41) is 0. The van der Waals surface area contributed by atoms with E-state index in [1.54, 1.807) is 6.92 Å². The molecule has 27 heavy (non-hydrogen) atoms. The lowest BCUT2D eigenvalue weighted by Crippen LogP contribution is -2.33. The molecular formula is C22H29N3O2. The molecule has 0 saturated heterocycles. The molecular weight excluding hydrogens is 338 g/mol. The van der Waals surface area contributed by atoms with E-state index in [1.807, 2.05) is 42.3 Å². The van der Waals surface area contributed by atoms with Gasteiger partial charge in [-0.2, -0.15) is 0 Å². The van der Waals surface area contributed by atoms with Crippen molar-refractivity contribution in [3.05, 3.63) is 59.4 Å². The van der Waals surface area contributed by atoms with Crippen LogP contribution in [0.25, 0.3) is 0 Å². The largest absolute Gasteiger partial charge is 0.492 e. The molecule has 0 saturated carbocycles. The second kappa shape index (κ2) is 9.51. The molecule has 0 N–H and O–H groups in total. The smallest absolute Gasteiger partial charge is 0.219 e. The van der Waals surface area contributed by atoms with Gasteiger partial charge in [-0.1, -0.05) is 24.3 Å². The van der Waals surface area contributed by atoms with Gasteiger partial charge in [-0.25, -0.2) is 0 Å². The van der Waals surface area contributed by atoms with Crippen LogP contribution < -0.4 is 4.74 Å². The number of ether oxygens (including phenoxy) is 1. The third kappa shape index (κ3) is 5.79. The van der Waals surface area contributed by atoms with E-state index in [2.05, 4.69) is 22.0 Å². The lowest BCUT2D eigenvalue weighted by atomic mass is 10.1. The van der Waals surface area contributed by atoms with E-state index in [1.165, 1.54) is 5.56 Å². The highest BCUT2D eigenvalue weighted by Crippen LogP contribution is 2.21. The molecule has 0 radical (unpaired) electrons. The van der Waals surface area contributed by atoms with Crippen molar-refractivity contribution in [2.45, 2.75) is 39.8 Å². The monoisotopic (exact) mass is 367 g/mol. The minimum atomic E-state index is 0.115. The molecule has 0 aliphatic carbocycles. The van der Waals surface area contributed by atoms with E-state index in [9.17, 15) is 4.79 Å². The van der Waals surface area contributed by atoms with Gasteiger partial charge < -0.3 is 9.64 Å². The third-order valence-electron chi connectivity index (χ3n) is 4.98. The van der Waals surface area contributed by atoms with Crippen LogP contribution in [-0.4, -0.2) is 46.9 Å². The first-order valence-electron chi connectivity index (χ1n) is 9.72. The van der Waals surface area contributed by atoms with Crippen molar-refractivity contribution >= 4 is 5.91 Å². The Bertz CT molecular complexity index is 745. The Morgan fingerprint density at radius 1 is 1.11 bits per heavy atom. The molecule has 1 aromatic heterocycles. The molecule has 5 nitrogen and oxygen atoms in total. The first-order chi connectivity index (χ1) is 13.1. The molecule has 1 aliphatic rings. The molecule has 2 aromatic rings. The number of benzene rings is 1. The van der Waals surface area contributed by atoms with Crippen LogP contribution in [0.1, 0.15) is 36.6 Å². The Morgan fingerprint density at radius 2 is 1.93 bits per heavy atom. The van der Waals surface area contributed by atoms with Gasteiger partial charge in [-0.15, -0.1) is 0 Å². The Morgan fingerprint density at radius 3 is 2.70 bits per heavy atom. The molecule has 1 amide bonds. The number of para-hydroxylation sites is 1. The highest BCUT2D eigenvalue weighted by molar-refractivity contribution is 5.73. The normalized spacial score (nSPS) is 16.6. The zero-order valence-corrected chi connectivity index (χ0v) is 16.4. The summed E-state index contributed by atoms with van der Waals surface area (Å²) in [7, 11) is 0. The van der Waals surface area contributed by atoms with Crippen molar-refractivity contribution < 1.29 is 9.53 Å². The molecule has 0 spiro atoms. The minimum Gasteiger partial charge on any atom is -0.492 e. The second-order valence-electron chi connectivity index (χ2n) is 7.19. The van der Waals surface area contributed by atoms with Crippen LogP contribution in [0.15, 0.2) is 42.6 Å². The number of fused-ring (bicyclic) bond motifs is 1. The minimum absolute atomic E-state index is 0.115. The van der Waals surface area contributed by atoms with Gasteiger partial charge in [0.1, 0.15) is 12.4 Å². The van der Waals surface area contributed by atoms with Crippen molar-refractivity contribution in [2.24, 2.45) is 0 Å². The van der Waals surface area contributed by atoms with Crippen molar-refractivity contribution in [2.75, 3.05) is 26.2 Å². The maximum atomic E-state index is 12.0. The van der Waals surface area contributed by atoms with Gasteiger partial charge >= 0.3 is 0 Å². The van der Waals surface area contributed by atoms with Crippen LogP contribution in [0, 0.1) is 6.92 Å². The summed E-state index contributed by atoms with van der Waals surface area (Å²) >= 11 is 0. The van der Waals surface area contributed by atoms with E-state index in [0.717, 1.165) is 56.0 Å². The number of rotatable bonds is 2. The molecule has 5 heteroatoms. The molecule has 144 valence electrons. The Balaban J connectivity index is 1.71. The molecule has 0 bridgehead atoms. The SMILES string of the molecule is CC(=O)N1CCCCN(Cc2ccc(C)nc2)CCOc2ccccc2C1. The fraction of sp³-hybridized carbons (Fsp3) is 0.455. The maximum absolute atomic E-state index is 12.0. The predicted octanol–water partition coefficient (Wildman–Crippen LogP) is 3.41. The van der Waals surface area contributed by atoms with Gasteiger partial charge in [0, 0.05) is 50.6 Å². The molecule has 0 unspecified atom stereocenters. The summed E-state index contributed by atoms with van der Waals surface area (Å²) in [5.74, 6) is 0.991. The fourth-order valence-electron chi connectivity index (χ4n) is 3.37. The van der Waals surface area contributed by atoms with Crippen LogP contribution in [0.4, 0.5) is 0 Å². The van der Waals surface area contributed by atoms with Crippen LogP contribution in [0.3, 0.4) is 0 Å². The summed E-state index contributed by atoms with van der Waals surface area (Å²) in [6, 6.07) is 12.2. The fourth-order valence-corrected chi connectivity index (χ4v) is 3.37. The molecule has 0 fully saturated rings. The number of amides is 1. The van der Waals surface area contributed by atoms with Gasteiger partial charge in [0.15, 0.2) is 0 Å². The van der Waals surface area contributed by atoms with Crippen molar-refractivity contribution in [1.29, 1.82) is 0 Å². The van der Waals surface area contributed by atoms with Crippen molar-refractivity contribution in [3.63, 3.8) is 0 Å². The van der Waals surface area contributed by atoms with Gasteiger partial charge in [0.2, 0.25) is 5.91 Å². The van der Waals surface area contributed by atoms with E-state index in [-0.39, 0.29) is 5.91 Å². The zero-order valence-electron chi connectivity index (χ0n) is 16.4. The third-order valence-corrected chi connectivity index (χ3v) is 4.98. The Labute approximate surface area is 162 Å². The van der Waals surface area contributed by atoms with E-state index in [4.69, 9.17) is 4.74 Å². The Hall–Kier alpha value is -2.40. The highest BCUT2D eigenvalue weighted by Gasteiger charge is 2.15. The van der Waals surface area contributed by atoms with E-state index >= 15 is 0 Å². The number of hydrogen-bond donors (Lipinski definition) is 0. The summed E-state index contributed by atoms with van der Waals surface area (Å²) in [4.78, 5) is 20.8. The predicted molar refractivity (Wildman–Crippen MR) is 107 cm³/mol. The first-order valence-corrected chi connectivity index (χ1v) is 9.72. The molecule has 3 rings (SSSR count).